The van der Waals surface area contributed by atoms with Gasteiger partial charge in [0.15, 0.2) is 17.5 Å². The maximum absolute atomic E-state index is 9.25. The number of aliphatic hydroxyl groups is 1. The van der Waals surface area contributed by atoms with Gasteiger partial charge < -0.3 is 25.2 Å². The maximum Gasteiger partial charge on any atom is 0.231 e. The van der Waals surface area contributed by atoms with E-state index in [4.69, 9.17) is 14.5 Å². The van der Waals surface area contributed by atoms with Gasteiger partial charge in [-0.3, -0.25) is 4.99 Å². The predicted molar refractivity (Wildman–Crippen MR) is 123 cm³/mol. The summed E-state index contributed by atoms with van der Waals surface area (Å²) in [6, 6.07) is 6.27. The highest BCUT2D eigenvalue weighted by Crippen LogP contribution is 2.50. The first-order valence-corrected chi connectivity index (χ1v) is 10.2. The van der Waals surface area contributed by atoms with Crippen molar-refractivity contribution in [3.63, 3.8) is 0 Å². The molecule has 6 nitrogen and oxygen atoms in total. The van der Waals surface area contributed by atoms with E-state index in [-0.39, 0.29) is 36.0 Å². The van der Waals surface area contributed by atoms with Crippen LogP contribution in [-0.4, -0.2) is 44.1 Å². The van der Waals surface area contributed by atoms with Crippen molar-refractivity contribution in [1.82, 2.24) is 10.6 Å². The van der Waals surface area contributed by atoms with Crippen LogP contribution >= 0.6 is 24.0 Å². The highest BCUT2D eigenvalue weighted by Gasteiger charge is 2.44. The summed E-state index contributed by atoms with van der Waals surface area (Å²) in [5.41, 5.74) is 1.41. The van der Waals surface area contributed by atoms with Gasteiger partial charge >= 0.3 is 0 Å². The predicted octanol–water partition coefficient (Wildman–Crippen LogP) is 3.42. The second kappa shape index (κ2) is 11.1. The topological polar surface area (TPSA) is 75.1 Å². The summed E-state index contributed by atoms with van der Waals surface area (Å²) in [6.45, 7) is 7.27. The largest absolute Gasteiger partial charge is 0.454 e. The molecular weight excluding hydrogens is 469 g/mol. The van der Waals surface area contributed by atoms with Crippen molar-refractivity contribution >= 4 is 29.9 Å². The SMILES string of the molecule is CCCC(CCO)CNC(=NCC1(c2ccc3c(c2)OCO3)CC1)NCC.I. The van der Waals surface area contributed by atoms with Crippen molar-refractivity contribution in [2.75, 3.05) is 33.0 Å². The van der Waals surface area contributed by atoms with Gasteiger partial charge in [-0.1, -0.05) is 19.4 Å². The molecule has 1 saturated carbocycles. The lowest BCUT2D eigenvalue weighted by Gasteiger charge is -2.19. The minimum atomic E-state index is 0. The molecule has 1 fully saturated rings. The zero-order chi connectivity index (χ0) is 19.1. The summed E-state index contributed by atoms with van der Waals surface area (Å²) in [5.74, 6) is 3.02. The third-order valence-electron chi connectivity index (χ3n) is 5.52. The smallest absolute Gasteiger partial charge is 0.231 e. The minimum absolute atomic E-state index is 0. The first kappa shape index (κ1) is 23.1. The number of aliphatic imine (C=N–C) groups is 1. The Labute approximate surface area is 185 Å². The number of hydrogen-bond donors (Lipinski definition) is 3. The Bertz CT molecular complexity index is 644. The summed E-state index contributed by atoms with van der Waals surface area (Å²) >= 11 is 0. The van der Waals surface area contributed by atoms with Crippen LogP contribution in [-0.2, 0) is 5.41 Å². The quantitative estimate of drug-likeness (QED) is 0.259. The molecule has 0 aromatic heterocycles. The van der Waals surface area contributed by atoms with Crippen molar-refractivity contribution in [3.8, 4) is 11.5 Å². The van der Waals surface area contributed by atoms with E-state index in [1.165, 1.54) is 5.56 Å². The minimum Gasteiger partial charge on any atom is -0.454 e. The van der Waals surface area contributed by atoms with Crippen molar-refractivity contribution in [2.24, 2.45) is 10.9 Å². The summed E-state index contributed by atoms with van der Waals surface area (Å²) in [4.78, 5) is 4.87. The Morgan fingerprint density at radius 3 is 2.64 bits per heavy atom. The van der Waals surface area contributed by atoms with Crippen LogP contribution in [0.15, 0.2) is 23.2 Å². The van der Waals surface area contributed by atoms with Gasteiger partial charge in [0.25, 0.3) is 0 Å². The molecule has 158 valence electrons. The Balaban J connectivity index is 0.00000280. The van der Waals surface area contributed by atoms with Crippen molar-refractivity contribution in [3.05, 3.63) is 23.8 Å². The number of ether oxygens (including phenoxy) is 2. The summed E-state index contributed by atoms with van der Waals surface area (Å²) in [6.07, 6.45) is 5.39. The molecule has 1 aromatic carbocycles. The molecule has 0 bridgehead atoms. The molecule has 0 radical (unpaired) electrons. The van der Waals surface area contributed by atoms with Gasteiger partial charge in [0.2, 0.25) is 6.79 Å². The number of rotatable bonds is 10. The van der Waals surface area contributed by atoms with E-state index in [9.17, 15) is 5.11 Å². The zero-order valence-electron chi connectivity index (χ0n) is 17.0. The fourth-order valence-electron chi connectivity index (χ4n) is 3.67. The molecule has 0 amide bonds. The van der Waals surface area contributed by atoms with Gasteiger partial charge in [0, 0.05) is 25.1 Å². The van der Waals surface area contributed by atoms with Crippen LogP contribution in [0.5, 0.6) is 11.5 Å². The van der Waals surface area contributed by atoms with Crippen LogP contribution in [0.3, 0.4) is 0 Å². The van der Waals surface area contributed by atoms with Crippen molar-refractivity contribution in [1.29, 1.82) is 0 Å². The average Bonchev–Trinajstić information content (AvgIpc) is 3.32. The summed E-state index contributed by atoms with van der Waals surface area (Å²) in [7, 11) is 0. The normalized spacial score (nSPS) is 17.6. The van der Waals surface area contributed by atoms with Crippen molar-refractivity contribution < 1.29 is 14.6 Å². The lowest BCUT2D eigenvalue weighted by Crippen LogP contribution is -2.40. The highest BCUT2D eigenvalue weighted by molar-refractivity contribution is 14.0. The zero-order valence-corrected chi connectivity index (χ0v) is 19.3. The van der Waals surface area contributed by atoms with E-state index in [1.807, 2.05) is 6.07 Å². The number of nitrogens with zero attached hydrogens (tertiary/aromatic N) is 1. The molecule has 3 N–H and O–H groups in total. The molecule has 2 aliphatic rings. The summed E-state index contributed by atoms with van der Waals surface area (Å²) in [5, 5.41) is 16.1. The molecular formula is C21H34IN3O3. The molecule has 1 aromatic rings. The van der Waals surface area contributed by atoms with Crippen LogP contribution < -0.4 is 20.1 Å². The molecule has 0 saturated heterocycles. The number of fused-ring (bicyclic) bond motifs is 1. The monoisotopic (exact) mass is 503 g/mol. The van der Waals surface area contributed by atoms with Crippen LogP contribution in [0.4, 0.5) is 0 Å². The van der Waals surface area contributed by atoms with Crippen LogP contribution in [0, 0.1) is 5.92 Å². The van der Waals surface area contributed by atoms with E-state index in [0.717, 1.165) is 69.2 Å². The standard InChI is InChI=1S/C21H33N3O3.HI/c1-3-5-16(8-11-25)13-23-20(22-4-2)24-14-21(9-10-21)17-6-7-18-19(12-17)27-15-26-18;/h6-7,12,16,25H,3-5,8-11,13-15H2,1-2H3,(H2,22,23,24);1H. The average molecular weight is 503 g/mol. The molecule has 1 aliphatic carbocycles. The molecule has 0 spiro atoms. The molecule has 3 rings (SSSR count). The fraction of sp³-hybridized carbons (Fsp3) is 0.667. The lowest BCUT2D eigenvalue weighted by molar-refractivity contribution is 0.174. The Morgan fingerprint density at radius 2 is 1.96 bits per heavy atom. The van der Waals surface area contributed by atoms with Gasteiger partial charge in [-0.2, -0.15) is 0 Å². The van der Waals surface area contributed by atoms with Gasteiger partial charge in [0.05, 0.1) is 6.54 Å². The van der Waals surface area contributed by atoms with Crippen LogP contribution in [0.1, 0.15) is 51.5 Å². The second-order valence-corrected chi connectivity index (χ2v) is 7.59. The molecule has 1 atom stereocenters. The Kier molecular flexibility index (Phi) is 9.14. The van der Waals surface area contributed by atoms with E-state index in [0.29, 0.717) is 12.7 Å². The highest BCUT2D eigenvalue weighted by atomic mass is 127. The molecule has 1 aliphatic heterocycles. The number of guanidine groups is 1. The van der Waals surface area contributed by atoms with Gasteiger partial charge in [-0.15, -0.1) is 24.0 Å². The number of benzene rings is 1. The lowest BCUT2D eigenvalue weighted by atomic mass is 9.96. The number of halogens is 1. The molecule has 28 heavy (non-hydrogen) atoms. The number of hydrogen-bond acceptors (Lipinski definition) is 4. The second-order valence-electron chi connectivity index (χ2n) is 7.59. The first-order valence-electron chi connectivity index (χ1n) is 10.2. The van der Waals surface area contributed by atoms with E-state index >= 15 is 0 Å². The molecule has 1 heterocycles. The van der Waals surface area contributed by atoms with Crippen LogP contribution in [0.25, 0.3) is 0 Å². The van der Waals surface area contributed by atoms with E-state index in [2.05, 4.69) is 36.6 Å². The number of aliphatic hydroxyl groups excluding tert-OH is 1. The van der Waals surface area contributed by atoms with E-state index < -0.39 is 0 Å². The van der Waals surface area contributed by atoms with Gasteiger partial charge in [-0.25, -0.2) is 0 Å². The van der Waals surface area contributed by atoms with Crippen LogP contribution in [0.2, 0.25) is 0 Å². The fourth-order valence-corrected chi connectivity index (χ4v) is 3.67. The summed E-state index contributed by atoms with van der Waals surface area (Å²) < 4.78 is 11.0. The Morgan fingerprint density at radius 1 is 1.18 bits per heavy atom. The number of nitrogens with one attached hydrogen (secondary N) is 2. The third-order valence-corrected chi connectivity index (χ3v) is 5.52. The Hall–Kier alpha value is -1.22. The maximum atomic E-state index is 9.25. The van der Waals surface area contributed by atoms with Crippen molar-refractivity contribution in [2.45, 2.75) is 51.4 Å². The third kappa shape index (κ3) is 5.89. The van der Waals surface area contributed by atoms with Gasteiger partial charge in [0.1, 0.15) is 0 Å². The molecule has 7 heteroatoms. The van der Waals surface area contributed by atoms with Gasteiger partial charge in [-0.05, 0) is 56.2 Å². The molecule has 1 unspecified atom stereocenters. The van der Waals surface area contributed by atoms with E-state index in [1.54, 1.807) is 0 Å². The first-order chi connectivity index (χ1) is 13.2.